The van der Waals surface area contributed by atoms with Gasteiger partial charge in [-0.2, -0.15) is 4.98 Å². The molecule has 0 aromatic carbocycles. The van der Waals surface area contributed by atoms with Gasteiger partial charge in [0, 0.05) is 0 Å². The minimum atomic E-state index is -1.60. The van der Waals surface area contributed by atoms with Crippen LogP contribution in [0.25, 0.3) is 11.2 Å². The van der Waals surface area contributed by atoms with Crippen molar-refractivity contribution in [2.75, 3.05) is 12.3 Å². The maximum absolute atomic E-state index is 14.1. The van der Waals surface area contributed by atoms with Crippen molar-refractivity contribution in [2.45, 2.75) is 22.9 Å². The molecule has 1 aliphatic heterocycles. The molecule has 3 rings (SSSR count). The van der Waals surface area contributed by atoms with Crippen molar-refractivity contribution in [1.29, 1.82) is 0 Å². The number of nitrogens with one attached hydrogen (secondary N) is 1. The molecule has 2 aromatic rings. The van der Waals surface area contributed by atoms with Gasteiger partial charge in [-0.1, -0.05) is 0 Å². The number of anilines is 1. The summed E-state index contributed by atoms with van der Waals surface area (Å²) in [5.74, 6) is -0.0955. The third-order valence-corrected chi connectivity index (χ3v) is 4.74. The van der Waals surface area contributed by atoms with E-state index in [9.17, 15) is 14.3 Å². The summed E-state index contributed by atoms with van der Waals surface area (Å²) in [7, 11) is 0. The zero-order chi connectivity index (χ0) is 14.4. The second-order valence-corrected chi connectivity index (χ2v) is 5.82. The first kappa shape index (κ1) is 13.3. The van der Waals surface area contributed by atoms with Crippen molar-refractivity contribution in [2.24, 2.45) is 0 Å². The van der Waals surface area contributed by atoms with Crippen LogP contribution in [0, 0.1) is 0 Å². The maximum atomic E-state index is 14.1. The number of rotatable bonds is 2. The van der Waals surface area contributed by atoms with Crippen LogP contribution in [0.1, 0.15) is 5.37 Å². The van der Waals surface area contributed by atoms with Gasteiger partial charge in [0.25, 0.3) is 5.56 Å². The van der Waals surface area contributed by atoms with Crippen molar-refractivity contribution in [1.82, 2.24) is 19.5 Å². The molecular formula is C10H12FN5O3S. The van der Waals surface area contributed by atoms with Crippen molar-refractivity contribution >= 4 is 28.9 Å². The SMILES string of the molecule is Nc1nc2c(ncn2[C@@H]2S[C@H](CO)[C@@H](O)[C@@H]2F)c(=O)[nH]1. The van der Waals surface area contributed by atoms with Crippen LogP contribution in [0.3, 0.4) is 0 Å². The number of alkyl halides is 1. The summed E-state index contributed by atoms with van der Waals surface area (Å²) in [5.41, 5.74) is 5.16. The molecule has 0 saturated carbocycles. The highest BCUT2D eigenvalue weighted by Crippen LogP contribution is 2.44. The monoisotopic (exact) mass is 301 g/mol. The van der Waals surface area contributed by atoms with Gasteiger partial charge in [0.15, 0.2) is 17.3 Å². The van der Waals surface area contributed by atoms with Crippen molar-refractivity contribution < 1.29 is 14.6 Å². The molecule has 0 amide bonds. The Bertz CT molecular complexity index is 704. The lowest BCUT2D eigenvalue weighted by atomic mass is 10.1. The van der Waals surface area contributed by atoms with Crippen LogP contribution in [0.2, 0.25) is 0 Å². The third kappa shape index (κ3) is 1.87. The fraction of sp³-hybridized carbons (Fsp3) is 0.500. The number of aromatic nitrogens is 4. The van der Waals surface area contributed by atoms with E-state index in [1.165, 1.54) is 10.9 Å². The van der Waals surface area contributed by atoms with E-state index in [-0.39, 0.29) is 23.7 Å². The van der Waals surface area contributed by atoms with Crippen molar-refractivity contribution in [3.8, 4) is 0 Å². The number of imidazole rings is 1. The Balaban J connectivity index is 2.09. The average Bonchev–Trinajstić information content (AvgIpc) is 2.93. The zero-order valence-electron chi connectivity index (χ0n) is 10.1. The lowest BCUT2D eigenvalue weighted by molar-refractivity contribution is 0.0642. The molecule has 20 heavy (non-hydrogen) atoms. The number of halogens is 1. The number of hydrogen-bond acceptors (Lipinski definition) is 7. The van der Waals surface area contributed by atoms with Gasteiger partial charge in [-0.05, 0) is 0 Å². The Morgan fingerprint density at radius 3 is 3.00 bits per heavy atom. The highest BCUT2D eigenvalue weighted by Gasteiger charge is 2.45. The molecule has 8 nitrogen and oxygen atoms in total. The van der Waals surface area contributed by atoms with Crippen LogP contribution in [0.4, 0.5) is 10.3 Å². The van der Waals surface area contributed by atoms with Gasteiger partial charge in [0.2, 0.25) is 5.95 Å². The molecule has 10 heteroatoms. The predicted molar refractivity (Wildman–Crippen MR) is 71.0 cm³/mol. The second-order valence-electron chi connectivity index (χ2n) is 4.46. The maximum Gasteiger partial charge on any atom is 0.280 e. The van der Waals surface area contributed by atoms with Gasteiger partial charge in [-0.15, -0.1) is 11.8 Å². The molecule has 108 valence electrons. The van der Waals surface area contributed by atoms with Gasteiger partial charge in [0.1, 0.15) is 11.5 Å². The minimum absolute atomic E-state index is 0.0499. The Labute approximate surface area is 115 Å². The first-order chi connectivity index (χ1) is 9.52. The molecular weight excluding hydrogens is 289 g/mol. The number of nitrogens with zero attached hydrogens (tertiary/aromatic N) is 3. The standard InChI is InChI=1S/C10H12FN5O3S/c11-4-6(18)3(1-17)20-9(4)16-2-13-5-7(16)14-10(12)15-8(5)19/h2-4,6,9,17-18H,1H2,(H3,12,14,15,19)/t3-,4+,6-,9-/m1/s1. The lowest BCUT2D eigenvalue weighted by Gasteiger charge is -2.14. The van der Waals surface area contributed by atoms with Crippen molar-refractivity contribution in [3.63, 3.8) is 0 Å². The van der Waals surface area contributed by atoms with Crippen LogP contribution in [-0.4, -0.2) is 53.9 Å². The summed E-state index contributed by atoms with van der Waals surface area (Å²) >= 11 is 1.07. The third-order valence-electron chi connectivity index (χ3n) is 3.20. The lowest BCUT2D eigenvalue weighted by Crippen LogP contribution is -2.30. The molecule has 5 N–H and O–H groups in total. The molecule has 1 aliphatic rings. The summed E-state index contributed by atoms with van der Waals surface area (Å²) in [6, 6.07) is 0. The molecule has 1 fully saturated rings. The summed E-state index contributed by atoms with van der Waals surface area (Å²) in [6.45, 7) is -0.342. The normalized spacial score (nSPS) is 30.1. The van der Waals surface area contributed by atoms with Crippen LogP contribution < -0.4 is 11.3 Å². The Morgan fingerprint density at radius 2 is 2.35 bits per heavy atom. The Kier molecular flexibility index (Phi) is 3.15. The number of H-pyrrole nitrogens is 1. The molecule has 0 bridgehead atoms. The van der Waals surface area contributed by atoms with Crippen molar-refractivity contribution in [3.05, 3.63) is 16.7 Å². The van der Waals surface area contributed by atoms with E-state index in [0.717, 1.165) is 11.8 Å². The van der Waals surface area contributed by atoms with Gasteiger partial charge in [-0.25, -0.2) is 9.37 Å². The summed E-state index contributed by atoms with van der Waals surface area (Å²) < 4.78 is 15.5. The van der Waals surface area contributed by atoms with Crippen LogP contribution >= 0.6 is 11.8 Å². The molecule has 0 radical (unpaired) electrons. The summed E-state index contributed by atoms with van der Waals surface area (Å²) in [5, 5.41) is 17.4. The summed E-state index contributed by atoms with van der Waals surface area (Å²) in [6.07, 6.45) is -1.60. The van der Waals surface area contributed by atoms with E-state index in [1.54, 1.807) is 0 Å². The molecule has 0 unspecified atom stereocenters. The fourth-order valence-electron chi connectivity index (χ4n) is 2.21. The number of fused-ring (bicyclic) bond motifs is 1. The van der Waals surface area contributed by atoms with Gasteiger partial charge < -0.3 is 15.9 Å². The number of hydrogen-bond donors (Lipinski definition) is 4. The molecule has 1 saturated heterocycles. The highest BCUT2D eigenvalue weighted by molar-refractivity contribution is 8.00. The van der Waals surface area contributed by atoms with Gasteiger partial charge >= 0.3 is 0 Å². The molecule has 2 aromatic heterocycles. The number of nitrogen functional groups attached to an aromatic ring is 1. The first-order valence-electron chi connectivity index (χ1n) is 5.83. The van der Waals surface area contributed by atoms with E-state index in [0.29, 0.717) is 0 Å². The molecule has 0 spiro atoms. The number of aliphatic hydroxyl groups is 2. The summed E-state index contributed by atoms with van der Waals surface area (Å²) in [4.78, 5) is 21.8. The smallest absolute Gasteiger partial charge is 0.280 e. The van der Waals surface area contributed by atoms with E-state index >= 15 is 0 Å². The average molecular weight is 301 g/mol. The Morgan fingerprint density at radius 1 is 1.60 bits per heavy atom. The van der Waals surface area contributed by atoms with Gasteiger partial charge in [0.05, 0.1) is 18.2 Å². The number of aromatic amines is 1. The van der Waals surface area contributed by atoms with Gasteiger partial charge in [-0.3, -0.25) is 14.3 Å². The van der Waals surface area contributed by atoms with E-state index < -0.39 is 28.5 Å². The molecule has 3 heterocycles. The zero-order valence-corrected chi connectivity index (χ0v) is 10.9. The van der Waals surface area contributed by atoms with E-state index in [2.05, 4.69) is 15.0 Å². The largest absolute Gasteiger partial charge is 0.395 e. The van der Waals surface area contributed by atoms with Crippen LogP contribution in [-0.2, 0) is 0 Å². The predicted octanol–water partition coefficient (Wildman–Crippen LogP) is -0.993. The second kappa shape index (κ2) is 4.72. The van der Waals surface area contributed by atoms with Crippen LogP contribution in [0.5, 0.6) is 0 Å². The minimum Gasteiger partial charge on any atom is -0.395 e. The first-order valence-corrected chi connectivity index (χ1v) is 6.78. The topological polar surface area (TPSA) is 130 Å². The quantitative estimate of drug-likeness (QED) is 0.560. The number of aliphatic hydroxyl groups excluding tert-OH is 2. The fourth-order valence-corrected chi connectivity index (χ4v) is 3.56. The number of thioether (sulfide) groups is 1. The van der Waals surface area contributed by atoms with E-state index in [4.69, 9.17) is 10.8 Å². The Hall–Kier alpha value is -1.65. The highest BCUT2D eigenvalue weighted by atomic mass is 32.2. The molecule has 4 atom stereocenters. The van der Waals surface area contributed by atoms with Crippen LogP contribution in [0.15, 0.2) is 11.1 Å². The van der Waals surface area contributed by atoms with E-state index in [1.807, 2.05) is 0 Å². The molecule has 0 aliphatic carbocycles. The number of nitrogens with two attached hydrogens (primary N) is 1.